The van der Waals surface area contributed by atoms with E-state index in [4.69, 9.17) is 5.73 Å². The van der Waals surface area contributed by atoms with Gasteiger partial charge >= 0.3 is 0 Å². The van der Waals surface area contributed by atoms with Gasteiger partial charge in [-0.1, -0.05) is 0 Å². The first-order valence-electron chi connectivity index (χ1n) is 3.33. The molecule has 0 unspecified atom stereocenters. The van der Waals surface area contributed by atoms with Gasteiger partial charge < -0.3 is 11.1 Å². The fourth-order valence-electron chi connectivity index (χ4n) is 0.797. The van der Waals surface area contributed by atoms with Gasteiger partial charge in [-0.15, -0.1) is 0 Å². The Bertz CT molecular complexity index is 397. The van der Waals surface area contributed by atoms with E-state index in [-0.39, 0.29) is 15.3 Å². The highest BCUT2D eigenvalue weighted by atomic mass is 79.9. The van der Waals surface area contributed by atoms with Gasteiger partial charge in [-0.25, -0.2) is 13.2 Å². The Morgan fingerprint density at radius 2 is 1.93 bits per heavy atom. The van der Waals surface area contributed by atoms with E-state index in [2.05, 4.69) is 33.5 Å². The van der Waals surface area contributed by atoms with Crippen LogP contribution in [0.4, 0.5) is 18.9 Å². The van der Waals surface area contributed by atoms with Crippen LogP contribution in [0.5, 0.6) is 0 Å². The van der Waals surface area contributed by atoms with Gasteiger partial charge in [0.2, 0.25) is 0 Å². The van der Waals surface area contributed by atoms with Crippen molar-refractivity contribution in [3.8, 4) is 0 Å². The van der Waals surface area contributed by atoms with Crippen molar-refractivity contribution in [2.75, 3.05) is 5.32 Å². The van der Waals surface area contributed by atoms with E-state index >= 15 is 0 Å². The summed E-state index contributed by atoms with van der Waals surface area (Å²) in [4.78, 5) is 0. The van der Waals surface area contributed by atoms with Crippen molar-refractivity contribution in [2.24, 2.45) is 5.73 Å². The molecule has 0 amide bonds. The normalized spacial score (nSPS) is 10.0. The minimum Gasteiger partial charge on any atom is -0.376 e. The SMILES string of the molecule is NC(=S)Nc1cc(F)c(F)c(F)c1Br. The first-order chi connectivity index (χ1) is 6.43. The van der Waals surface area contributed by atoms with Gasteiger partial charge in [0.1, 0.15) is 0 Å². The molecule has 0 aliphatic carbocycles. The summed E-state index contributed by atoms with van der Waals surface area (Å²) in [6, 6.07) is 0.752. The molecule has 14 heavy (non-hydrogen) atoms. The molecule has 0 aliphatic heterocycles. The molecule has 0 saturated carbocycles. The van der Waals surface area contributed by atoms with Crippen LogP contribution in [0.3, 0.4) is 0 Å². The molecule has 1 aromatic rings. The monoisotopic (exact) mass is 284 g/mol. The highest BCUT2D eigenvalue weighted by Gasteiger charge is 2.16. The van der Waals surface area contributed by atoms with Gasteiger partial charge in [0.15, 0.2) is 22.6 Å². The van der Waals surface area contributed by atoms with Crippen LogP contribution in [-0.4, -0.2) is 5.11 Å². The van der Waals surface area contributed by atoms with Gasteiger partial charge in [0.25, 0.3) is 0 Å². The zero-order chi connectivity index (χ0) is 10.9. The summed E-state index contributed by atoms with van der Waals surface area (Å²) >= 11 is 7.20. The molecule has 2 nitrogen and oxygen atoms in total. The van der Waals surface area contributed by atoms with E-state index in [0.717, 1.165) is 6.07 Å². The first-order valence-corrected chi connectivity index (χ1v) is 4.53. The number of rotatable bonds is 1. The molecule has 0 fully saturated rings. The summed E-state index contributed by atoms with van der Waals surface area (Å²) in [6.45, 7) is 0. The Kier molecular flexibility index (Phi) is 3.33. The number of nitrogens with two attached hydrogens (primary N) is 1. The van der Waals surface area contributed by atoms with E-state index in [1.54, 1.807) is 0 Å². The molecule has 3 N–H and O–H groups in total. The van der Waals surface area contributed by atoms with Crippen LogP contribution in [-0.2, 0) is 0 Å². The third kappa shape index (κ3) is 2.16. The second-order valence-corrected chi connectivity index (χ2v) is 3.57. The maximum absolute atomic E-state index is 12.9. The van der Waals surface area contributed by atoms with Crippen molar-refractivity contribution in [3.05, 3.63) is 28.0 Å². The maximum atomic E-state index is 12.9. The van der Waals surface area contributed by atoms with Gasteiger partial charge in [0, 0.05) is 6.07 Å². The lowest BCUT2D eigenvalue weighted by Crippen LogP contribution is -2.19. The Hall–Kier alpha value is -0.820. The molecule has 0 heterocycles. The maximum Gasteiger partial charge on any atom is 0.195 e. The van der Waals surface area contributed by atoms with Crippen molar-refractivity contribution in [3.63, 3.8) is 0 Å². The molecule has 0 bridgehead atoms. The summed E-state index contributed by atoms with van der Waals surface area (Å²) in [5, 5.41) is 2.13. The van der Waals surface area contributed by atoms with E-state index in [0.29, 0.717) is 0 Å². The molecule has 0 saturated heterocycles. The quantitative estimate of drug-likeness (QED) is 0.473. The second-order valence-electron chi connectivity index (χ2n) is 2.34. The van der Waals surface area contributed by atoms with Crippen LogP contribution < -0.4 is 11.1 Å². The molecule has 76 valence electrons. The fraction of sp³-hybridized carbons (Fsp3) is 0. The molecule has 0 aliphatic rings. The molecule has 0 aromatic heterocycles. The van der Waals surface area contributed by atoms with E-state index in [9.17, 15) is 13.2 Å². The van der Waals surface area contributed by atoms with E-state index < -0.39 is 17.5 Å². The van der Waals surface area contributed by atoms with Crippen molar-refractivity contribution < 1.29 is 13.2 Å². The molecule has 1 aromatic carbocycles. The van der Waals surface area contributed by atoms with Crippen molar-refractivity contribution in [2.45, 2.75) is 0 Å². The zero-order valence-electron chi connectivity index (χ0n) is 6.57. The summed E-state index contributed by atoms with van der Waals surface area (Å²) < 4.78 is 38.0. The lowest BCUT2D eigenvalue weighted by atomic mass is 10.3. The van der Waals surface area contributed by atoms with Crippen LogP contribution >= 0.6 is 28.1 Å². The predicted molar refractivity (Wildman–Crippen MR) is 54.4 cm³/mol. The van der Waals surface area contributed by atoms with Crippen LogP contribution in [0, 0.1) is 17.5 Å². The molecular weight excluding hydrogens is 281 g/mol. The van der Waals surface area contributed by atoms with Crippen molar-refractivity contribution >= 4 is 38.9 Å². The van der Waals surface area contributed by atoms with Crippen LogP contribution in [0.25, 0.3) is 0 Å². The Morgan fingerprint density at radius 1 is 1.36 bits per heavy atom. The number of nitrogens with one attached hydrogen (secondary N) is 1. The Balaban J connectivity index is 3.25. The predicted octanol–water partition coefficient (Wildman–Crippen LogP) is 2.52. The molecule has 7 heteroatoms. The number of hydrogen-bond acceptors (Lipinski definition) is 1. The number of anilines is 1. The third-order valence-electron chi connectivity index (χ3n) is 1.36. The highest BCUT2D eigenvalue weighted by molar-refractivity contribution is 9.10. The van der Waals surface area contributed by atoms with Crippen LogP contribution in [0.1, 0.15) is 0 Å². The summed E-state index contributed by atoms with van der Waals surface area (Å²) in [6.07, 6.45) is 0. The number of thiocarbonyl (C=S) groups is 1. The molecule has 1 rings (SSSR count). The van der Waals surface area contributed by atoms with Crippen LogP contribution in [0.2, 0.25) is 0 Å². The average Bonchev–Trinajstić information content (AvgIpc) is 2.10. The smallest absolute Gasteiger partial charge is 0.195 e. The third-order valence-corrected chi connectivity index (χ3v) is 2.24. The minimum absolute atomic E-state index is 0.0612. The number of hydrogen-bond donors (Lipinski definition) is 2. The Labute approximate surface area is 91.4 Å². The summed E-state index contributed by atoms with van der Waals surface area (Å²) in [5.41, 5.74) is 5.03. The highest BCUT2D eigenvalue weighted by Crippen LogP contribution is 2.29. The van der Waals surface area contributed by atoms with Gasteiger partial charge in [-0.2, -0.15) is 0 Å². The second kappa shape index (κ2) is 4.14. The molecular formula is C7H4BrF3N2S. The molecule has 0 radical (unpaired) electrons. The number of halogens is 4. The summed E-state index contributed by atoms with van der Waals surface area (Å²) in [7, 11) is 0. The topological polar surface area (TPSA) is 38.0 Å². The van der Waals surface area contributed by atoms with E-state index in [1.807, 2.05) is 0 Å². The van der Waals surface area contributed by atoms with Crippen molar-refractivity contribution in [1.82, 2.24) is 0 Å². The van der Waals surface area contributed by atoms with Crippen LogP contribution in [0.15, 0.2) is 10.5 Å². The molecule has 0 spiro atoms. The Morgan fingerprint density at radius 3 is 2.43 bits per heavy atom. The zero-order valence-corrected chi connectivity index (χ0v) is 8.98. The summed E-state index contributed by atoms with van der Waals surface area (Å²) in [5.74, 6) is -4.20. The van der Waals surface area contributed by atoms with E-state index in [1.165, 1.54) is 0 Å². The lowest BCUT2D eigenvalue weighted by molar-refractivity contribution is 0.445. The lowest BCUT2D eigenvalue weighted by Gasteiger charge is -2.07. The average molecular weight is 285 g/mol. The number of benzene rings is 1. The van der Waals surface area contributed by atoms with Gasteiger partial charge in [-0.05, 0) is 28.1 Å². The fourth-order valence-corrected chi connectivity index (χ4v) is 1.29. The first kappa shape index (κ1) is 11.3. The minimum atomic E-state index is -1.55. The standard InChI is InChI=1S/C7H4BrF3N2S/c8-4-3(13-7(12)14)1-2(9)5(10)6(4)11/h1H,(H3,12,13,14). The van der Waals surface area contributed by atoms with Gasteiger partial charge in [-0.3, -0.25) is 0 Å². The van der Waals surface area contributed by atoms with Crippen molar-refractivity contribution in [1.29, 1.82) is 0 Å². The largest absolute Gasteiger partial charge is 0.376 e. The molecule has 0 atom stereocenters. The van der Waals surface area contributed by atoms with Gasteiger partial charge in [0.05, 0.1) is 10.2 Å².